The molecule has 0 N–H and O–H groups in total. The van der Waals surface area contributed by atoms with E-state index in [0.29, 0.717) is 7.27 Å². The summed E-state index contributed by atoms with van der Waals surface area (Å²) in [4.78, 5) is 3.82. The van der Waals surface area contributed by atoms with Crippen LogP contribution in [0.4, 0.5) is 8.78 Å². The van der Waals surface area contributed by atoms with Crippen LogP contribution in [0.25, 0.3) is 0 Å². The smallest absolute Gasteiger partial charge is 0.230 e. The van der Waals surface area contributed by atoms with E-state index in [1.165, 1.54) is 0 Å². The van der Waals surface area contributed by atoms with Crippen molar-refractivity contribution in [3.8, 4) is 6.07 Å². The van der Waals surface area contributed by atoms with Gasteiger partial charge in [-0.05, 0) is 51.2 Å². The molecule has 0 aliphatic carbocycles. The van der Waals surface area contributed by atoms with E-state index in [1.54, 1.807) is 28.7 Å². The Morgan fingerprint density at radius 3 is 2.54 bits per heavy atom. The van der Waals surface area contributed by atoms with Crippen molar-refractivity contribution in [3.05, 3.63) is 24.6 Å². The monoisotopic (exact) mass is 406 g/mol. The maximum Gasteiger partial charge on any atom is 0.265 e. The summed E-state index contributed by atoms with van der Waals surface area (Å²) in [6.45, 7) is 0. The van der Waals surface area contributed by atoms with Gasteiger partial charge in [-0.15, -0.1) is 0 Å². The van der Waals surface area contributed by atoms with Gasteiger partial charge in [0.1, 0.15) is 15.5 Å². The molecule has 13 heavy (non-hydrogen) atoms. The number of pyridine rings is 1. The molecule has 0 unspecified atom stereocenters. The lowest BCUT2D eigenvalue weighted by Crippen LogP contribution is -1.98. The van der Waals surface area contributed by atoms with E-state index in [9.17, 15) is 8.78 Å². The fourth-order valence-corrected chi connectivity index (χ4v) is 1.82. The van der Waals surface area contributed by atoms with Gasteiger partial charge in [0.25, 0.3) is 6.43 Å². The Labute approximate surface area is 101 Å². The predicted molar refractivity (Wildman–Crippen MR) is 59.3 cm³/mol. The summed E-state index contributed by atoms with van der Waals surface area (Å²) in [7, 11) is 0. The van der Waals surface area contributed by atoms with Crippen LogP contribution in [0.5, 0.6) is 0 Å². The summed E-state index contributed by atoms with van der Waals surface area (Å²) in [5.41, 5.74) is -0.100. The lowest BCUT2D eigenvalue weighted by atomic mass is 10.2. The van der Waals surface area contributed by atoms with Crippen molar-refractivity contribution in [2.45, 2.75) is 6.43 Å². The molecule has 0 spiro atoms. The Morgan fingerprint density at radius 2 is 2.08 bits per heavy atom. The lowest BCUT2D eigenvalue weighted by Gasteiger charge is -2.04. The van der Waals surface area contributed by atoms with Crippen molar-refractivity contribution in [2.24, 2.45) is 0 Å². The summed E-state index contributed by atoms with van der Waals surface area (Å²) in [5.74, 6) is 0. The van der Waals surface area contributed by atoms with Crippen molar-refractivity contribution < 1.29 is 8.78 Å². The van der Waals surface area contributed by atoms with Crippen LogP contribution in [0.15, 0.2) is 6.07 Å². The van der Waals surface area contributed by atoms with Crippen LogP contribution in [0, 0.1) is 18.6 Å². The van der Waals surface area contributed by atoms with Gasteiger partial charge in [-0.3, -0.25) is 0 Å². The molecule has 0 atom stereocenters. The lowest BCUT2D eigenvalue weighted by molar-refractivity contribution is 0.150. The van der Waals surface area contributed by atoms with Crippen LogP contribution in [0.3, 0.4) is 0 Å². The normalized spacial score (nSPS) is 10.2. The van der Waals surface area contributed by atoms with E-state index in [2.05, 4.69) is 4.98 Å². The highest BCUT2D eigenvalue weighted by molar-refractivity contribution is 14.1. The second kappa shape index (κ2) is 4.45. The number of hydrogen-bond donors (Lipinski definition) is 0. The zero-order chi connectivity index (χ0) is 10.0. The van der Waals surface area contributed by atoms with Crippen LogP contribution in [0.1, 0.15) is 17.7 Å². The first kappa shape index (κ1) is 11.0. The van der Waals surface area contributed by atoms with Crippen molar-refractivity contribution in [3.63, 3.8) is 0 Å². The Balaban J connectivity index is 3.35. The molecule has 1 aromatic heterocycles. The van der Waals surface area contributed by atoms with Gasteiger partial charge in [0.15, 0.2) is 0 Å². The fourth-order valence-electron chi connectivity index (χ4n) is 0.733. The highest BCUT2D eigenvalue weighted by atomic mass is 127. The van der Waals surface area contributed by atoms with E-state index in [-0.39, 0.29) is 11.3 Å². The SMILES string of the molecule is N#Cc1cc(C(F)F)c(I)c(I)n1. The molecular weight excluding hydrogens is 404 g/mol. The summed E-state index contributed by atoms with van der Waals surface area (Å²) in [6, 6.07) is 2.86. The van der Waals surface area contributed by atoms with E-state index in [4.69, 9.17) is 5.26 Å². The average molecular weight is 406 g/mol. The molecule has 0 fully saturated rings. The van der Waals surface area contributed by atoms with E-state index in [1.807, 2.05) is 22.6 Å². The van der Waals surface area contributed by atoms with Crippen molar-refractivity contribution in [1.29, 1.82) is 5.26 Å². The van der Waals surface area contributed by atoms with Crippen molar-refractivity contribution in [2.75, 3.05) is 0 Å². The standard InChI is InChI=1S/C7H2F2I2N2/c8-6(9)4-1-3(2-12)13-7(11)5(4)10/h1,6H. The van der Waals surface area contributed by atoms with Gasteiger partial charge in [-0.25, -0.2) is 13.8 Å². The highest BCUT2D eigenvalue weighted by Gasteiger charge is 2.15. The van der Waals surface area contributed by atoms with Gasteiger partial charge in [0.05, 0.1) is 3.57 Å². The second-order valence-corrected chi connectivity index (χ2v) is 4.21. The minimum atomic E-state index is -2.56. The molecule has 0 radical (unpaired) electrons. The topological polar surface area (TPSA) is 36.7 Å². The van der Waals surface area contributed by atoms with Crippen molar-refractivity contribution >= 4 is 45.2 Å². The molecule has 0 amide bonds. The number of halogens is 4. The van der Waals surface area contributed by atoms with Crippen LogP contribution >= 0.6 is 45.2 Å². The molecule has 0 aromatic carbocycles. The zero-order valence-electron chi connectivity index (χ0n) is 6.06. The first-order chi connectivity index (χ1) is 6.06. The first-order valence-corrected chi connectivity index (χ1v) is 5.26. The third-order valence-corrected chi connectivity index (χ3v) is 4.24. The number of nitrogens with zero attached hydrogens (tertiary/aromatic N) is 2. The summed E-state index contributed by atoms with van der Waals surface area (Å²) in [6.07, 6.45) is -2.56. The van der Waals surface area contributed by atoms with Gasteiger partial charge in [0, 0.05) is 5.56 Å². The van der Waals surface area contributed by atoms with E-state index < -0.39 is 6.43 Å². The van der Waals surface area contributed by atoms with Gasteiger partial charge in [0.2, 0.25) is 0 Å². The Hall–Kier alpha value is -0.0400. The average Bonchev–Trinajstić information content (AvgIpc) is 2.09. The number of hydrogen-bond acceptors (Lipinski definition) is 2. The maximum absolute atomic E-state index is 12.4. The maximum atomic E-state index is 12.4. The highest BCUT2D eigenvalue weighted by Crippen LogP contribution is 2.27. The van der Waals surface area contributed by atoms with Gasteiger partial charge in [-0.1, -0.05) is 0 Å². The summed E-state index contributed by atoms with van der Waals surface area (Å²) < 4.78 is 25.6. The Bertz CT molecular complexity index is 373. The Morgan fingerprint density at radius 1 is 1.46 bits per heavy atom. The summed E-state index contributed by atoms with van der Waals surface area (Å²) >= 11 is 3.62. The summed E-state index contributed by atoms with van der Waals surface area (Å²) in [5, 5.41) is 8.50. The number of nitriles is 1. The van der Waals surface area contributed by atoms with Crippen LogP contribution in [-0.4, -0.2) is 4.98 Å². The van der Waals surface area contributed by atoms with E-state index in [0.717, 1.165) is 6.07 Å². The molecule has 0 saturated heterocycles. The van der Waals surface area contributed by atoms with E-state index >= 15 is 0 Å². The van der Waals surface area contributed by atoms with Gasteiger partial charge < -0.3 is 0 Å². The second-order valence-electron chi connectivity index (χ2n) is 2.11. The minimum Gasteiger partial charge on any atom is -0.230 e. The molecule has 2 nitrogen and oxygen atoms in total. The molecule has 68 valence electrons. The van der Waals surface area contributed by atoms with Gasteiger partial charge >= 0.3 is 0 Å². The number of alkyl halides is 2. The first-order valence-electron chi connectivity index (χ1n) is 3.10. The van der Waals surface area contributed by atoms with Crippen LogP contribution < -0.4 is 0 Å². The van der Waals surface area contributed by atoms with Gasteiger partial charge in [-0.2, -0.15) is 5.26 Å². The molecule has 6 heteroatoms. The van der Waals surface area contributed by atoms with Crippen LogP contribution in [-0.2, 0) is 0 Å². The molecule has 0 aliphatic rings. The quantitative estimate of drug-likeness (QED) is 0.531. The van der Waals surface area contributed by atoms with Crippen molar-refractivity contribution in [1.82, 2.24) is 4.98 Å². The third kappa shape index (κ3) is 2.46. The van der Waals surface area contributed by atoms with Crippen LogP contribution in [0.2, 0.25) is 0 Å². The number of aromatic nitrogens is 1. The molecule has 0 saturated carbocycles. The zero-order valence-corrected chi connectivity index (χ0v) is 10.4. The fraction of sp³-hybridized carbons (Fsp3) is 0.143. The molecule has 1 heterocycles. The minimum absolute atomic E-state index is 0.0279. The number of rotatable bonds is 1. The molecular formula is C7H2F2I2N2. The predicted octanol–water partition coefficient (Wildman–Crippen LogP) is 3.10. The molecule has 1 aromatic rings. The molecule has 1 rings (SSSR count). The molecule has 0 bridgehead atoms. The third-order valence-electron chi connectivity index (χ3n) is 1.30. The molecule has 0 aliphatic heterocycles. The Kier molecular flexibility index (Phi) is 3.78. The largest absolute Gasteiger partial charge is 0.265 e.